The van der Waals surface area contributed by atoms with E-state index in [4.69, 9.17) is 21.1 Å². The predicted molar refractivity (Wildman–Crippen MR) is 104 cm³/mol. The number of aliphatic hydroxyl groups is 2. The van der Waals surface area contributed by atoms with Gasteiger partial charge in [-0.2, -0.15) is 13.2 Å². The Morgan fingerprint density at radius 3 is 2.52 bits per heavy atom. The summed E-state index contributed by atoms with van der Waals surface area (Å²) in [5.74, 6) is 4.03. The van der Waals surface area contributed by atoms with Crippen LogP contribution in [0.2, 0.25) is 5.02 Å². The maximum absolute atomic E-state index is 12.6. The summed E-state index contributed by atoms with van der Waals surface area (Å²) in [6.07, 6.45) is -5.77. The third-order valence-electron chi connectivity index (χ3n) is 3.90. The van der Waals surface area contributed by atoms with Crippen LogP contribution < -0.4 is 5.32 Å². The first-order valence-electron chi connectivity index (χ1n) is 8.60. The largest absolute Gasteiger partial charge is 0.418 e. The van der Waals surface area contributed by atoms with Crippen molar-refractivity contribution < 1.29 is 32.6 Å². The molecule has 0 aliphatic rings. The molecule has 3 N–H and O–H groups in total. The van der Waals surface area contributed by atoms with Crippen LogP contribution in [-0.2, 0) is 11.0 Å². The van der Waals surface area contributed by atoms with E-state index in [-0.39, 0.29) is 22.5 Å². The zero-order chi connectivity index (χ0) is 22.6. The number of halogens is 4. The first-order chi connectivity index (χ1) is 14.7. The van der Waals surface area contributed by atoms with E-state index in [0.29, 0.717) is 11.1 Å². The van der Waals surface area contributed by atoms with E-state index in [0.717, 1.165) is 24.3 Å². The molecule has 2 aromatic carbocycles. The van der Waals surface area contributed by atoms with Crippen molar-refractivity contribution in [2.45, 2.75) is 12.3 Å². The normalized spacial score (nSPS) is 12.1. The highest BCUT2D eigenvalue weighted by Gasteiger charge is 2.29. The van der Waals surface area contributed by atoms with Gasteiger partial charge in [0.05, 0.1) is 17.2 Å². The van der Waals surface area contributed by atoms with Gasteiger partial charge in [0, 0.05) is 22.7 Å². The summed E-state index contributed by atoms with van der Waals surface area (Å²) >= 11 is 6.16. The van der Waals surface area contributed by atoms with E-state index in [1.165, 1.54) is 12.1 Å². The number of benzene rings is 2. The molecule has 1 heterocycles. The minimum absolute atomic E-state index is 0.0592. The Bertz CT molecular complexity index is 1150. The van der Waals surface area contributed by atoms with Crippen molar-refractivity contribution in [1.82, 2.24) is 10.2 Å². The monoisotopic (exact) mass is 451 g/mol. The van der Waals surface area contributed by atoms with Crippen molar-refractivity contribution in [3.63, 3.8) is 0 Å². The van der Waals surface area contributed by atoms with Gasteiger partial charge in [-0.25, -0.2) is 0 Å². The number of carbonyl (C=O) groups is 1. The van der Waals surface area contributed by atoms with Gasteiger partial charge >= 0.3 is 12.1 Å². The van der Waals surface area contributed by atoms with E-state index in [2.05, 4.69) is 27.4 Å². The lowest BCUT2D eigenvalue weighted by Gasteiger charge is -2.07. The standard InChI is InChI=1S/C20H13ClF3N3O4/c21-15-9-12(18-26-27-19(31-18)16(29)10-28)2-1-11(15)3-8-17(30)25-14-6-4-13(5-7-14)20(22,23)24/h1-2,4-7,9,16,28-29H,10H2,(H,25,30). The molecule has 0 aliphatic carbocycles. The fourth-order valence-corrected chi connectivity index (χ4v) is 2.57. The van der Waals surface area contributed by atoms with E-state index in [1.807, 2.05) is 0 Å². The van der Waals surface area contributed by atoms with Crippen molar-refractivity contribution in [2.24, 2.45) is 0 Å². The molecule has 0 spiro atoms. The molecule has 31 heavy (non-hydrogen) atoms. The summed E-state index contributed by atoms with van der Waals surface area (Å²) in [6.45, 7) is -0.578. The molecule has 1 aromatic heterocycles. The molecule has 0 saturated heterocycles. The Morgan fingerprint density at radius 1 is 1.19 bits per heavy atom. The molecule has 0 radical (unpaired) electrons. The summed E-state index contributed by atoms with van der Waals surface area (Å²) in [4.78, 5) is 11.9. The molecule has 1 atom stereocenters. The maximum Gasteiger partial charge on any atom is 0.416 e. The second-order valence-electron chi connectivity index (χ2n) is 6.12. The van der Waals surface area contributed by atoms with Gasteiger partial charge in [-0.05, 0) is 42.5 Å². The van der Waals surface area contributed by atoms with Crippen molar-refractivity contribution >= 4 is 23.2 Å². The Labute approximate surface area is 178 Å². The van der Waals surface area contributed by atoms with Crippen LogP contribution in [-0.4, -0.2) is 32.9 Å². The minimum atomic E-state index is -4.47. The van der Waals surface area contributed by atoms with Gasteiger partial charge in [0.25, 0.3) is 0 Å². The lowest BCUT2D eigenvalue weighted by Crippen LogP contribution is -2.09. The van der Waals surface area contributed by atoms with Crippen LogP contribution in [0.5, 0.6) is 0 Å². The number of nitrogens with zero attached hydrogens (tertiary/aromatic N) is 2. The number of hydrogen-bond donors (Lipinski definition) is 3. The van der Waals surface area contributed by atoms with E-state index < -0.39 is 30.4 Å². The van der Waals surface area contributed by atoms with Crippen molar-refractivity contribution in [3.05, 3.63) is 64.5 Å². The van der Waals surface area contributed by atoms with Crippen LogP contribution in [0.3, 0.4) is 0 Å². The maximum atomic E-state index is 12.6. The number of hydrogen-bond acceptors (Lipinski definition) is 6. The summed E-state index contributed by atoms with van der Waals surface area (Å²) in [6, 6.07) is 8.45. The first-order valence-corrected chi connectivity index (χ1v) is 8.97. The SMILES string of the molecule is O=C(C#Cc1ccc(-c2nnc(C(O)CO)o2)cc1Cl)Nc1ccc(C(F)(F)F)cc1. The molecule has 3 aromatic rings. The number of aliphatic hydroxyl groups excluding tert-OH is 2. The number of amides is 1. The summed E-state index contributed by atoms with van der Waals surface area (Å²) in [5, 5.41) is 28.3. The van der Waals surface area contributed by atoms with Gasteiger partial charge in [0.2, 0.25) is 11.8 Å². The van der Waals surface area contributed by atoms with Crippen LogP contribution in [0.25, 0.3) is 11.5 Å². The van der Waals surface area contributed by atoms with Crippen LogP contribution in [0.15, 0.2) is 46.9 Å². The molecule has 0 fully saturated rings. The highest BCUT2D eigenvalue weighted by molar-refractivity contribution is 6.32. The van der Waals surface area contributed by atoms with Crippen LogP contribution in [0.4, 0.5) is 18.9 Å². The minimum Gasteiger partial charge on any atom is -0.418 e. The highest BCUT2D eigenvalue weighted by atomic mass is 35.5. The van der Waals surface area contributed by atoms with Crippen LogP contribution in [0.1, 0.15) is 23.1 Å². The van der Waals surface area contributed by atoms with E-state index >= 15 is 0 Å². The average Bonchev–Trinajstić information content (AvgIpc) is 3.22. The van der Waals surface area contributed by atoms with Gasteiger partial charge in [0.1, 0.15) is 0 Å². The highest BCUT2D eigenvalue weighted by Crippen LogP contribution is 2.30. The molecule has 3 rings (SSSR count). The molecular formula is C20H13ClF3N3O4. The fraction of sp³-hybridized carbons (Fsp3) is 0.150. The Morgan fingerprint density at radius 2 is 1.90 bits per heavy atom. The lowest BCUT2D eigenvalue weighted by atomic mass is 10.1. The Kier molecular flexibility index (Phi) is 6.60. The molecule has 0 aliphatic heterocycles. The molecule has 160 valence electrons. The molecular weight excluding hydrogens is 439 g/mol. The average molecular weight is 452 g/mol. The van der Waals surface area contributed by atoms with Crippen molar-refractivity contribution in [3.8, 4) is 23.3 Å². The van der Waals surface area contributed by atoms with Crippen molar-refractivity contribution in [2.75, 3.05) is 11.9 Å². The Balaban J connectivity index is 1.69. The number of anilines is 1. The number of rotatable bonds is 4. The zero-order valence-electron chi connectivity index (χ0n) is 15.4. The van der Waals surface area contributed by atoms with Gasteiger partial charge in [-0.1, -0.05) is 17.5 Å². The molecule has 1 unspecified atom stereocenters. The van der Waals surface area contributed by atoms with E-state index in [9.17, 15) is 23.1 Å². The van der Waals surface area contributed by atoms with Gasteiger partial charge in [-0.15, -0.1) is 10.2 Å². The topological polar surface area (TPSA) is 108 Å². The molecule has 1 amide bonds. The van der Waals surface area contributed by atoms with Crippen molar-refractivity contribution in [1.29, 1.82) is 0 Å². The third-order valence-corrected chi connectivity index (χ3v) is 4.21. The smallest absolute Gasteiger partial charge is 0.416 e. The zero-order valence-corrected chi connectivity index (χ0v) is 16.2. The first kappa shape index (κ1) is 22.3. The van der Waals surface area contributed by atoms with Gasteiger partial charge < -0.3 is 19.9 Å². The summed E-state index contributed by atoms with van der Waals surface area (Å²) < 4.78 is 42.9. The summed E-state index contributed by atoms with van der Waals surface area (Å²) in [7, 11) is 0. The number of aromatic nitrogens is 2. The van der Waals surface area contributed by atoms with E-state index in [1.54, 1.807) is 6.07 Å². The Hall–Kier alpha value is -3.39. The quantitative estimate of drug-likeness (QED) is 0.524. The molecule has 0 bridgehead atoms. The molecule has 7 nitrogen and oxygen atoms in total. The second kappa shape index (κ2) is 9.18. The third kappa shape index (κ3) is 5.61. The fourth-order valence-electron chi connectivity index (χ4n) is 2.34. The predicted octanol–water partition coefficient (Wildman–Crippen LogP) is 3.42. The summed E-state index contributed by atoms with van der Waals surface area (Å²) in [5.41, 5.74) is 0.0606. The van der Waals surface area contributed by atoms with Crippen LogP contribution >= 0.6 is 11.6 Å². The second-order valence-corrected chi connectivity index (χ2v) is 6.52. The van der Waals surface area contributed by atoms with Gasteiger partial charge in [-0.3, -0.25) is 4.79 Å². The van der Waals surface area contributed by atoms with Gasteiger partial charge in [0.15, 0.2) is 6.10 Å². The lowest BCUT2D eigenvalue weighted by molar-refractivity contribution is -0.137. The molecule has 11 heteroatoms. The number of carbonyl (C=O) groups excluding carboxylic acids is 1. The number of nitrogens with one attached hydrogen (secondary N) is 1. The number of alkyl halides is 3. The molecule has 0 saturated carbocycles. The van der Waals surface area contributed by atoms with Crippen LogP contribution in [0, 0.1) is 11.8 Å².